The van der Waals surface area contributed by atoms with Crippen LogP contribution in [0.3, 0.4) is 0 Å². The van der Waals surface area contributed by atoms with E-state index in [0.717, 1.165) is 11.1 Å². The summed E-state index contributed by atoms with van der Waals surface area (Å²) < 4.78 is 5.60. The zero-order valence-corrected chi connectivity index (χ0v) is 14.8. The van der Waals surface area contributed by atoms with Crippen LogP contribution in [0.1, 0.15) is 36.5 Å². The number of halogens is 1. The highest BCUT2D eigenvalue weighted by molar-refractivity contribution is 6.33. The van der Waals surface area contributed by atoms with Crippen LogP contribution in [-0.4, -0.2) is 18.7 Å². The highest BCUT2D eigenvalue weighted by Gasteiger charge is 2.07. The predicted octanol–water partition coefficient (Wildman–Crippen LogP) is 4.30. The molecule has 0 atom stereocenters. The summed E-state index contributed by atoms with van der Waals surface area (Å²) in [4.78, 5) is 11.8. The fourth-order valence-corrected chi connectivity index (χ4v) is 2.25. The second-order valence-electron chi connectivity index (χ2n) is 5.78. The minimum absolute atomic E-state index is 0.0950. The number of nitrogens with zero attached hydrogens (tertiary/aromatic N) is 1. The molecule has 0 heterocycles. The van der Waals surface area contributed by atoms with E-state index < -0.39 is 0 Å². The van der Waals surface area contributed by atoms with Gasteiger partial charge in [0.1, 0.15) is 5.75 Å². The molecule has 1 N–H and O–H groups in total. The molecule has 0 unspecified atom stereocenters. The van der Waals surface area contributed by atoms with Gasteiger partial charge >= 0.3 is 0 Å². The van der Waals surface area contributed by atoms with Gasteiger partial charge in [-0.25, -0.2) is 5.43 Å². The van der Waals surface area contributed by atoms with Crippen molar-refractivity contribution in [3.05, 3.63) is 64.2 Å². The number of hydrogen-bond donors (Lipinski definition) is 1. The highest BCUT2D eigenvalue weighted by atomic mass is 35.5. The molecule has 5 heteroatoms. The van der Waals surface area contributed by atoms with Crippen molar-refractivity contribution in [1.29, 1.82) is 0 Å². The van der Waals surface area contributed by atoms with Crippen molar-refractivity contribution < 1.29 is 9.53 Å². The smallest absolute Gasteiger partial charge is 0.277 e. The predicted molar refractivity (Wildman–Crippen MR) is 98.0 cm³/mol. The van der Waals surface area contributed by atoms with Crippen LogP contribution in [0.15, 0.2) is 47.6 Å². The van der Waals surface area contributed by atoms with Gasteiger partial charge in [0.2, 0.25) is 0 Å². The van der Waals surface area contributed by atoms with E-state index in [1.807, 2.05) is 37.3 Å². The summed E-state index contributed by atoms with van der Waals surface area (Å²) in [6.45, 7) is 6.09. The van der Waals surface area contributed by atoms with Gasteiger partial charge in [0.15, 0.2) is 6.61 Å². The van der Waals surface area contributed by atoms with Gasteiger partial charge in [-0.05, 0) is 36.1 Å². The highest BCUT2D eigenvalue weighted by Crippen LogP contribution is 2.24. The first-order valence-corrected chi connectivity index (χ1v) is 8.15. The standard InChI is InChI=1S/C19H21ClN2O2/c1-13(2)15-9-8-14(3)18(10-15)24-12-19(23)22-21-11-16-6-4-5-7-17(16)20/h4-11,13H,12H2,1-3H3,(H,22,23)/b21-11+. The summed E-state index contributed by atoms with van der Waals surface area (Å²) in [6, 6.07) is 13.3. The molecular formula is C19H21ClN2O2. The largest absolute Gasteiger partial charge is 0.483 e. The second-order valence-corrected chi connectivity index (χ2v) is 6.19. The van der Waals surface area contributed by atoms with E-state index in [2.05, 4.69) is 30.4 Å². The Morgan fingerprint density at radius 1 is 1.29 bits per heavy atom. The first-order valence-electron chi connectivity index (χ1n) is 7.77. The maximum Gasteiger partial charge on any atom is 0.277 e. The van der Waals surface area contributed by atoms with E-state index >= 15 is 0 Å². The quantitative estimate of drug-likeness (QED) is 0.627. The summed E-state index contributed by atoms with van der Waals surface area (Å²) >= 11 is 6.01. The summed E-state index contributed by atoms with van der Waals surface area (Å²) in [5.74, 6) is 0.793. The lowest BCUT2D eigenvalue weighted by Crippen LogP contribution is -2.24. The average Bonchev–Trinajstić information content (AvgIpc) is 2.55. The van der Waals surface area contributed by atoms with E-state index in [-0.39, 0.29) is 12.5 Å². The molecule has 0 spiro atoms. The van der Waals surface area contributed by atoms with Crippen molar-refractivity contribution >= 4 is 23.7 Å². The molecule has 0 aliphatic carbocycles. The van der Waals surface area contributed by atoms with Gasteiger partial charge < -0.3 is 4.74 Å². The number of hydrogen-bond acceptors (Lipinski definition) is 3. The molecule has 1 amide bonds. The lowest BCUT2D eigenvalue weighted by atomic mass is 10.0. The van der Waals surface area contributed by atoms with E-state index in [9.17, 15) is 4.79 Å². The maximum absolute atomic E-state index is 11.8. The van der Waals surface area contributed by atoms with Gasteiger partial charge in [0, 0.05) is 10.6 Å². The summed E-state index contributed by atoms with van der Waals surface area (Å²) in [5, 5.41) is 4.47. The average molecular weight is 345 g/mol. The van der Waals surface area contributed by atoms with Crippen LogP contribution in [0, 0.1) is 6.92 Å². The van der Waals surface area contributed by atoms with Crippen LogP contribution in [0.2, 0.25) is 5.02 Å². The molecule has 0 aliphatic heterocycles. The lowest BCUT2D eigenvalue weighted by molar-refractivity contribution is -0.123. The summed E-state index contributed by atoms with van der Waals surface area (Å²) in [6.07, 6.45) is 1.50. The Labute approximate surface area is 147 Å². The molecule has 0 radical (unpaired) electrons. The molecule has 0 bridgehead atoms. The number of ether oxygens (including phenoxy) is 1. The van der Waals surface area contributed by atoms with Crippen LogP contribution in [0.25, 0.3) is 0 Å². The molecule has 4 nitrogen and oxygen atoms in total. The van der Waals surface area contributed by atoms with Crippen molar-refractivity contribution in [3.8, 4) is 5.75 Å². The van der Waals surface area contributed by atoms with E-state index in [4.69, 9.17) is 16.3 Å². The second kappa shape index (κ2) is 8.50. The fourth-order valence-electron chi connectivity index (χ4n) is 2.06. The Morgan fingerprint density at radius 3 is 2.75 bits per heavy atom. The van der Waals surface area contributed by atoms with Crippen LogP contribution in [0.4, 0.5) is 0 Å². The lowest BCUT2D eigenvalue weighted by Gasteiger charge is -2.12. The molecule has 0 aliphatic rings. The van der Waals surface area contributed by atoms with E-state index in [1.165, 1.54) is 11.8 Å². The number of rotatable bonds is 6. The number of hydrazone groups is 1. The first-order chi connectivity index (χ1) is 11.5. The number of amides is 1. The van der Waals surface area contributed by atoms with Gasteiger partial charge in [-0.3, -0.25) is 4.79 Å². The molecule has 0 saturated heterocycles. The van der Waals surface area contributed by atoms with Crippen molar-refractivity contribution in [2.75, 3.05) is 6.61 Å². The van der Waals surface area contributed by atoms with Gasteiger partial charge in [0.25, 0.3) is 5.91 Å². The third-order valence-corrected chi connectivity index (χ3v) is 3.88. The van der Waals surface area contributed by atoms with Crippen LogP contribution >= 0.6 is 11.6 Å². The first kappa shape index (κ1) is 18.0. The number of benzene rings is 2. The Morgan fingerprint density at radius 2 is 2.04 bits per heavy atom. The van der Waals surface area contributed by atoms with Crippen LogP contribution < -0.4 is 10.2 Å². The van der Waals surface area contributed by atoms with E-state index in [1.54, 1.807) is 6.07 Å². The Balaban J connectivity index is 1.90. The molecule has 0 saturated carbocycles. The molecule has 2 rings (SSSR count). The minimum atomic E-state index is -0.326. The molecule has 24 heavy (non-hydrogen) atoms. The molecular weight excluding hydrogens is 324 g/mol. The molecule has 0 aromatic heterocycles. The number of nitrogens with one attached hydrogen (secondary N) is 1. The summed E-state index contributed by atoms with van der Waals surface area (Å²) in [5.41, 5.74) is 5.34. The molecule has 2 aromatic carbocycles. The van der Waals surface area contributed by atoms with E-state index in [0.29, 0.717) is 16.7 Å². The zero-order chi connectivity index (χ0) is 17.5. The fraction of sp³-hybridized carbons (Fsp3) is 0.263. The van der Waals surface area contributed by atoms with Crippen molar-refractivity contribution in [2.45, 2.75) is 26.7 Å². The van der Waals surface area contributed by atoms with Gasteiger partial charge in [-0.15, -0.1) is 0 Å². The monoisotopic (exact) mass is 344 g/mol. The number of aryl methyl sites for hydroxylation is 1. The van der Waals surface area contributed by atoms with Crippen molar-refractivity contribution in [2.24, 2.45) is 5.10 Å². The Hall–Kier alpha value is -2.33. The molecule has 0 fully saturated rings. The van der Waals surface area contributed by atoms with Crippen LogP contribution in [0.5, 0.6) is 5.75 Å². The topological polar surface area (TPSA) is 50.7 Å². The number of carbonyl (C=O) groups excluding carboxylic acids is 1. The van der Waals surface area contributed by atoms with Crippen molar-refractivity contribution in [3.63, 3.8) is 0 Å². The Bertz CT molecular complexity index is 742. The number of carbonyl (C=O) groups is 1. The zero-order valence-electron chi connectivity index (χ0n) is 14.0. The molecule has 2 aromatic rings. The SMILES string of the molecule is Cc1ccc(C(C)C)cc1OCC(=O)N/N=C/c1ccccc1Cl. The van der Waals surface area contributed by atoms with Crippen molar-refractivity contribution in [1.82, 2.24) is 5.43 Å². The maximum atomic E-state index is 11.8. The molecule has 126 valence electrons. The van der Waals surface area contributed by atoms with Crippen LogP contribution in [-0.2, 0) is 4.79 Å². The van der Waals surface area contributed by atoms with Gasteiger partial charge in [0.05, 0.1) is 6.21 Å². The minimum Gasteiger partial charge on any atom is -0.483 e. The third-order valence-electron chi connectivity index (χ3n) is 3.54. The third kappa shape index (κ3) is 5.10. The van der Waals surface area contributed by atoms with Gasteiger partial charge in [-0.2, -0.15) is 5.10 Å². The normalized spacial score (nSPS) is 11.0. The summed E-state index contributed by atoms with van der Waals surface area (Å²) in [7, 11) is 0. The van der Waals surface area contributed by atoms with Gasteiger partial charge in [-0.1, -0.05) is 55.8 Å². The Kier molecular flexibility index (Phi) is 6.38.